The third-order valence-electron chi connectivity index (χ3n) is 2.44. The van der Waals surface area contributed by atoms with E-state index in [1.54, 1.807) is 6.92 Å². The van der Waals surface area contributed by atoms with Crippen LogP contribution in [0.15, 0.2) is 22.7 Å². The molecule has 8 heteroatoms. The van der Waals surface area contributed by atoms with Crippen LogP contribution in [-0.2, 0) is 0 Å². The van der Waals surface area contributed by atoms with Crippen molar-refractivity contribution < 1.29 is 14.8 Å². The SMILES string of the molecule is CSCC(C)(O)CNC(=O)c1cc(Br)cc([N+](=O)[O-])c1. The lowest BCUT2D eigenvalue weighted by atomic mass is 10.1. The van der Waals surface area contributed by atoms with Crippen molar-refractivity contribution >= 4 is 39.3 Å². The Bertz CT molecular complexity index is 522. The molecule has 0 aromatic heterocycles. The number of carbonyl (C=O) groups excluding carboxylic acids is 1. The van der Waals surface area contributed by atoms with E-state index in [2.05, 4.69) is 21.2 Å². The molecule has 1 atom stereocenters. The van der Waals surface area contributed by atoms with Crippen molar-refractivity contribution in [2.45, 2.75) is 12.5 Å². The van der Waals surface area contributed by atoms with E-state index >= 15 is 0 Å². The number of amides is 1. The Kier molecular flexibility index (Phi) is 5.97. The molecular formula is C12H15BrN2O4S. The minimum Gasteiger partial charge on any atom is -0.387 e. The Morgan fingerprint density at radius 2 is 2.20 bits per heavy atom. The third kappa shape index (κ3) is 5.10. The number of hydrogen-bond donors (Lipinski definition) is 2. The first-order valence-electron chi connectivity index (χ1n) is 5.70. The summed E-state index contributed by atoms with van der Waals surface area (Å²) in [6.07, 6.45) is 1.86. The van der Waals surface area contributed by atoms with Crippen molar-refractivity contribution in [2.75, 3.05) is 18.6 Å². The highest BCUT2D eigenvalue weighted by atomic mass is 79.9. The van der Waals surface area contributed by atoms with Crippen LogP contribution in [-0.4, -0.2) is 40.1 Å². The van der Waals surface area contributed by atoms with Gasteiger partial charge >= 0.3 is 0 Å². The van der Waals surface area contributed by atoms with Gasteiger partial charge in [0.15, 0.2) is 0 Å². The summed E-state index contributed by atoms with van der Waals surface area (Å²) in [6, 6.07) is 4.01. The van der Waals surface area contributed by atoms with Crippen LogP contribution < -0.4 is 5.32 Å². The molecule has 1 aromatic rings. The number of nitro groups is 1. The number of aliphatic hydroxyl groups is 1. The van der Waals surface area contributed by atoms with Crippen LogP contribution in [0.4, 0.5) is 5.69 Å². The molecule has 20 heavy (non-hydrogen) atoms. The molecule has 0 saturated heterocycles. The largest absolute Gasteiger partial charge is 0.387 e. The van der Waals surface area contributed by atoms with Crippen molar-refractivity contribution in [2.24, 2.45) is 0 Å². The maximum atomic E-state index is 12.0. The number of non-ortho nitro benzene ring substituents is 1. The Morgan fingerprint density at radius 1 is 1.55 bits per heavy atom. The van der Waals surface area contributed by atoms with Gasteiger partial charge < -0.3 is 10.4 Å². The minimum atomic E-state index is -1.02. The molecule has 0 aliphatic rings. The van der Waals surface area contributed by atoms with Crippen LogP contribution in [0.25, 0.3) is 0 Å². The molecule has 0 spiro atoms. The van der Waals surface area contributed by atoms with Gasteiger partial charge in [-0.2, -0.15) is 11.8 Å². The maximum absolute atomic E-state index is 12.0. The fraction of sp³-hybridized carbons (Fsp3) is 0.417. The van der Waals surface area contributed by atoms with Crippen molar-refractivity contribution in [3.8, 4) is 0 Å². The lowest BCUT2D eigenvalue weighted by Crippen LogP contribution is -2.42. The zero-order chi connectivity index (χ0) is 15.3. The van der Waals surface area contributed by atoms with E-state index in [0.717, 1.165) is 0 Å². The fourth-order valence-electron chi connectivity index (χ4n) is 1.55. The number of benzene rings is 1. The number of nitro benzene ring substituents is 1. The number of thioether (sulfide) groups is 1. The van der Waals surface area contributed by atoms with Crippen molar-refractivity contribution in [1.82, 2.24) is 5.32 Å². The van der Waals surface area contributed by atoms with E-state index in [-0.39, 0.29) is 17.8 Å². The average molecular weight is 363 g/mol. The molecule has 1 rings (SSSR count). The van der Waals surface area contributed by atoms with Gasteiger partial charge in [0, 0.05) is 34.5 Å². The highest BCUT2D eigenvalue weighted by Crippen LogP contribution is 2.21. The number of hydrogen-bond acceptors (Lipinski definition) is 5. The van der Waals surface area contributed by atoms with Gasteiger partial charge in [0.2, 0.25) is 0 Å². The van der Waals surface area contributed by atoms with Crippen LogP contribution in [0.5, 0.6) is 0 Å². The molecule has 0 aliphatic heterocycles. The van der Waals surface area contributed by atoms with Crippen LogP contribution in [0, 0.1) is 10.1 Å². The molecule has 110 valence electrons. The summed E-state index contributed by atoms with van der Waals surface area (Å²) in [5, 5.41) is 23.3. The van der Waals surface area contributed by atoms with Crippen molar-refractivity contribution in [1.29, 1.82) is 0 Å². The standard InChI is InChI=1S/C12H15BrN2O4S/c1-12(17,7-20-2)6-14-11(16)8-3-9(13)5-10(4-8)15(18)19/h3-5,17H,6-7H2,1-2H3,(H,14,16). The third-order valence-corrected chi connectivity index (χ3v) is 3.81. The number of nitrogens with one attached hydrogen (secondary N) is 1. The second kappa shape index (κ2) is 7.05. The van der Waals surface area contributed by atoms with Gasteiger partial charge in [0.1, 0.15) is 0 Å². The molecule has 0 aliphatic carbocycles. The first-order valence-corrected chi connectivity index (χ1v) is 7.88. The maximum Gasteiger partial charge on any atom is 0.271 e. The summed E-state index contributed by atoms with van der Waals surface area (Å²) in [5.74, 6) is 0.0158. The van der Waals surface area contributed by atoms with Crippen molar-refractivity contribution in [3.05, 3.63) is 38.3 Å². The number of nitrogens with zero attached hydrogens (tertiary/aromatic N) is 1. The lowest BCUT2D eigenvalue weighted by Gasteiger charge is -2.22. The molecule has 0 heterocycles. The predicted molar refractivity (Wildman–Crippen MR) is 82.1 cm³/mol. The number of rotatable bonds is 6. The lowest BCUT2D eigenvalue weighted by molar-refractivity contribution is -0.385. The van der Waals surface area contributed by atoms with Gasteiger partial charge in [-0.25, -0.2) is 0 Å². The molecular weight excluding hydrogens is 348 g/mol. The van der Waals surface area contributed by atoms with Gasteiger partial charge in [-0.05, 0) is 19.2 Å². The van der Waals surface area contributed by atoms with Gasteiger partial charge in [0.05, 0.1) is 10.5 Å². The number of carbonyl (C=O) groups is 1. The monoisotopic (exact) mass is 362 g/mol. The second-order valence-corrected chi connectivity index (χ2v) is 6.35. The van der Waals surface area contributed by atoms with E-state index in [0.29, 0.717) is 10.2 Å². The molecule has 0 fully saturated rings. The Hall–Kier alpha value is -1.12. The quantitative estimate of drug-likeness (QED) is 0.597. The van der Waals surface area contributed by atoms with E-state index < -0.39 is 16.4 Å². The highest BCUT2D eigenvalue weighted by Gasteiger charge is 2.21. The topological polar surface area (TPSA) is 92.5 Å². The normalized spacial score (nSPS) is 13.6. The minimum absolute atomic E-state index is 0.0764. The summed E-state index contributed by atoms with van der Waals surface area (Å²) >= 11 is 4.59. The average Bonchev–Trinajstić information content (AvgIpc) is 2.35. The summed E-state index contributed by atoms with van der Waals surface area (Å²) in [7, 11) is 0. The molecule has 6 nitrogen and oxygen atoms in total. The van der Waals surface area contributed by atoms with Crippen LogP contribution in [0.1, 0.15) is 17.3 Å². The van der Waals surface area contributed by atoms with E-state index in [4.69, 9.17) is 0 Å². The zero-order valence-electron chi connectivity index (χ0n) is 11.1. The van der Waals surface area contributed by atoms with E-state index in [1.165, 1.54) is 30.0 Å². The molecule has 2 N–H and O–H groups in total. The number of halogens is 1. The summed E-state index contributed by atoms with van der Waals surface area (Å²) in [6.45, 7) is 1.69. The van der Waals surface area contributed by atoms with Crippen LogP contribution in [0.2, 0.25) is 0 Å². The molecule has 0 saturated carbocycles. The highest BCUT2D eigenvalue weighted by molar-refractivity contribution is 9.10. The molecule has 1 amide bonds. The molecule has 0 bridgehead atoms. The molecule has 1 unspecified atom stereocenters. The van der Waals surface area contributed by atoms with E-state index in [9.17, 15) is 20.0 Å². The van der Waals surface area contributed by atoms with Gasteiger partial charge in [-0.1, -0.05) is 15.9 Å². The van der Waals surface area contributed by atoms with E-state index in [1.807, 2.05) is 6.26 Å². The summed E-state index contributed by atoms with van der Waals surface area (Å²) < 4.78 is 0.452. The van der Waals surface area contributed by atoms with Gasteiger partial charge in [-0.3, -0.25) is 14.9 Å². The first kappa shape index (κ1) is 16.9. The zero-order valence-corrected chi connectivity index (χ0v) is 13.5. The van der Waals surface area contributed by atoms with Crippen LogP contribution >= 0.6 is 27.7 Å². The van der Waals surface area contributed by atoms with Gasteiger partial charge in [-0.15, -0.1) is 0 Å². The van der Waals surface area contributed by atoms with Gasteiger partial charge in [0.25, 0.3) is 11.6 Å². The fourth-order valence-corrected chi connectivity index (χ4v) is 2.75. The van der Waals surface area contributed by atoms with Crippen molar-refractivity contribution in [3.63, 3.8) is 0 Å². The summed E-state index contributed by atoms with van der Waals surface area (Å²) in [4.78, 5) is 22.1. The summed E-state index contributed by atoms with van der Waals surface area (Å²) in [5.41, 5.74) is -1.01. The second-order valence-electron chi connectivity index (χ2n) is 4.57. The smallest absolute Gasteiger partial charge is 0.271 e. The molecule has 1 aromatic carbocycles. The predicted octanol–water partition coefficient (Wildman–Crippen LogP) is 2.20. The Labute approximate surface area is 129 Å². The Balaban J connectivity index is 2.80. The van der Waals surface area contributed by atoms with Crippen LogP contribution in [0.3, 0.4) is 0 Å². The Morgan fingerprint density at radius 3 is 2.75 bits per heavy atom. The first-order chi connectivity index (χ1) is 9.25. The molecule has 0 radical (unpaired) electrons.